The Morgan fingerprint density at radius 1 is 1.24 bits per heavy atom. The zero-order chi connectivity index (χ0) is 18.0. The van der Waals surface area contributed by atoms with Crippen LogP contribution in [0.15, 0.2) is 36.4 Å². The van der Waals surface area contributed by atoms with Crippen molar-refractivity contribution in [3.8, 4) is 10.4 Å². The standard InChI is InChI=1S/C18H20ClNO3S2/c1-2-10-20(15-9-11-25(22,23)12-15)18(21)17-8-7-16(24-17)13-3-5-14(19)6-4-13/h3-8,15H,2,9-12H2,1H3. The van der Waals surface area contributed by atoms with Gasteiger partial charge in [-0.15, -0.1) is 11.3 Å². The lowest BCUT2D eigenvalue weighted by molar-refractivity contribution is 0.0702. The Balaban J connectivity index is 1.82. The number of rotatable bonds is 5. The number of halogens is 1. The number of carbonyl (C=O) groups is 1. The van der Waals surface area contributed by atoms with Crippen molar-refractivity contribution in [3.05, 3.63) is 46.3 Å². The molecule has 7 heteroatoms. The molecule has 0 aliphatic carbocycles. The molecule has 25 heavy (non-hydrogen) atoms. The van der Waals surface area contributed by atoms with E-state index in [0.29, 0.717) is 22.9 Å². The molecule has 1 aliphatic heterocycles. The van der Waals surface area contributed by atoms with Gasteiger partial charge in [-0.2, -0.15) is 0 Å². The molecule has 0 N–H and O–H groups in total. The van der Waals surface area contributed by atoms with Gasteiger partial charge >= 0.3 is 0 Å². The van der Waals surface area contributed by atoms with E-state index in [0.717, 1.165) is 16.9 Å². The van der Waals surface area contributed by atoms with Gasteiger partial charge in [-0.3, -0.25) is 4.79 Å². The van der Waals surface area contributed by atoms with Crippen LogP contribution in [-0.4, -0.2) is 43.3 Å². The van der Waals surface area contributed by atoms with Crippen molar-refractivity contribution in [3.63, 3.8) is 0 Å². The van der Waals surface area contributed by atoms with Crippen LogP contribution in [-0.2, 0) is 9.84 Å². The summed E-state index contributed by atoms with van der Waals surface area (Å²) in [6.07, 6.45) is 1.33. The number of carbonyl (C=O) groups excluding carboxylic acids is 1. The fraction of sp³-hybridized carbons (Fsp3) is 0.389. The van der Waals surface area contributed by atoms with Crippen molar-refractivity contribution >= 4 is 38.7 Å². The Kier molecular flexibility index (Phi) is 5.51. The maximum atomic E-state index is 13.0. The molecule has 1 unspecified atom stereocenters. The van der Waals surface area contributed by atoms with Crippen molar-refractivity contribution in [1.82, 2.24) is 4.90 Å². The van der Waals surface area contributed by atoms with E-state index in [1.807, 2.05) is 43.3 Å². The van der Waals surface area contributed by atoms with Crippen LogP contribution >= 0.6 is 22.9 Å². The van der Waals surface area contributed by atoms with Crippen LogP contribution in [0.3, 0.4) is 0 Å². The molecule has 1 atom stereocenters. The first-order valence-electron chi connectivity index (χ1n) is 8.27. The highest BCUT2D eigenvalue weighted by Gasteiger charge is 2.34. The fourth-order valence-corrected chi connectivity index (χ4v) is 5.90. The Morgan fingerprint density at radius 2 is 1.96 bits per heavy atom. The van der Waals surface area contributed by atoms with Crippen LogP contribution in [0.5, 0.6) is 0 Å². The lowest BCUT2D eigenvalue weighted by atomic mass is 10.2. The van der Waals surface area contributed by atoms with E-state index in [2.05, 4.69) is 0 Å². The van der Waals surface area contributed by atoms with Crippen molar-refractivity contribution in [2.75, 3.05) is 18.1 Å². The van der Waals surface area contributed by atoms with E-state index in [-0.39, 0.29) is 23.5 Å². The van der Waals surface area contributed by atoms with Gasteiger partial charge in [0.15, 0.2) is 9.84 Å². The summed E-state index contributed by atoms with van der Waals surface area (Å²) in [4.78, 5) is 16.3. The summed E-state index contributed by atoms with van der Waals surface area (Å²) < 4.78 is 23.6. The molecule has 1 amide bonds. The van der Waals surface area contributed by atoms with Gasteiger partial charge in [0, 0.05) is 22.5 Å². The highest BCUT2D eigenvalue weighted by atomic mass is 35.5. The molecule has 2 heterocycles. The van der Waals surface area contributed by atoms with Crippen LogP contribution < -0.4 is 0 Å². The van der Waals surface area contributed by atoms with Gasteiger partial charge in [0.1, 0.15) is 0 Å². The quantitative estimate of drug-likeness (QED) is 0.762. The molecule has 1 aromatic heterocycles. The van der Waals surface area contributed by atoms with E-state index in [1.165, 1.54) is 11.3 Å². The van der Waals surface area contributed by atoms with Gasteiger partial charge in [0.25, 0.3) is 5.91 Å². The first-order valence-corrected chi connectivity index (χ1v) is 11.3. The van der Waals surface area contributed by atoms with Crippen LogP contribution in [0.2, 0.25) is 5.02 Å². The SMILES string of the molecule is CCCN(C(=O)c1ccc(-c2ccc(Cl)cc2)s1)C1CCS(=O)(=O)C1. The Morgan fingerprint density at radius 3 is 2.56 bits per heavy atom. The zero-order valence-corrected chi connectivity index (χ0v) is 16.3. The number of nitrogens with zero attached hydrogens (tertiary/aromatic N) is 1. The van der Waals surface area contributed by atoms with E-state index >= 15 is 0 Å². The number of hydrogen-bond donors (Lipinski definition) is 0. The maximum absolute atomic E-state index is 13.0. The highest BCUT2D eigenvalue weighted by molar-refractivity contribution is 7.91. The molecular weight excluding hydrogens is 378 g/mol. The minimum absolute atomic E-state index is 0.0748. The molecule has 1 aromatic carbocycles. The third-order valence-electron chi connectivity index (χ3n) is 4.32. The number of benzene rings is 1. The largest absolute Gasteiger partial charge is 0.334 e. The summed E-state index contributed by atoms with van der Waals surface area (Å²) in [5.41, 5.74) is 1.01. The Bertz CT molecular complexity index is 859. The molecule has 2 aromatic rings. The Hall–Kier alpha value is -1.37. The lowest BCUT2D eigenvalue weighted by Gasteiger charge is -2.27. The van der Waals surface area contributed by atoms with Crippen molar-refractivity contribution in [2.24, 2.45) is 0 Å². The van der Waals surface area contributed by atoms with Crippen LogP contribution in [0.4, 0.5) is 0 Å². The predicted octanol–water partition coefficient (Wildman–Crippen LogP) is 4.11. The fourth-order valence-electron chi connectivity index (χ4n) is 3.08. The smallest absolute Gasteiger partial charge is 0.264 e. The molecule has 1 aliphatic rings. The lowest BCUT2D eigenvalue weighted by Crippen LogP contribution is -2.41. The second kappa shape index (κ2) is 7.48. The topological polar surface area (TPSA) is 54.5 Å². The summed E-state index contributed by atoms with van der Waals surface area (Å²) in [6.45, 7) is 2.57. The molecule has 0 saturated carbocycles. The monoisotopic (exact) mass is 397 g/mol. The first-order chi connectivity index (χ1) is 11.9. The summed E-state index contributed by atoms with van der Waals surface area (Å²) in [7, 11) is -3.02. The van der Waals surface area contributed by atoms with Gasteiger partial charge in [0.05, 0.1) is 16.4 Å². The van der Waals surface area contributed by atoms with Gasteiger partial charge in [-0.05, 0) is 42.7 Å². The summed E-state index contributed by atoms with van der Waals surface area (Å²) in [5, 5.41) is 0.674. The van der Waals surface area contributed by atoms with Gasteiger partial charge in [0.2, 0.25) is 0 Å². The van der Waals surface area contributed by atoms with E-state index < -0.39 is 9.84 Å². The molecule has 0 spiro atoms. The molecule has 0 bridgehead atoms. The third-order valence-corrected chi connectivity index (χ3v) is 7.44. The second-order valence-electron chi connectivity index (χ2n) is 6.23. The molecule has 1 fully saturated rings. The van der Waals surface area contributed by atoms with Crippen LogP contribution in [0.1, 0.15) is 29.4 Å². The van der Waals surface area contributed by atoms with E-state index in [9.17, 15) is 13.2 Å². The van der Waals surface area contributed by atoms with E-state index in [1.54, 1.807) is 4.90 Å². The Labute approximate surface area is 157 Å². The highest BCUT2D eigenvalue weighted by Crippen LogP contribution is 2.31. The van der Waals surface area contributed by atoms with Crippen molar-refractivity contribution < 1.29 is 13.2 Å². The average molecular weight is 398 g/mol. The molecule has 134 valence electrons. The third kappa shape index (κ3) is 4.25. The minimum Gasteiger partial charge on any atom is -0.334 e. The van der Waals surface area contributed by atoms with E-state index in [4.69, 9.17) is 11.6 Å². The maximum Gasteiger partial charge on any atom is 0.264 e. The van der Waals surface area contributed by atoms with Crippen LogP contribution in [0.25, 0.3) is 10.4 Å². The van der Waals surface area contributed by atoms with Crippen molar-refractivity contribution in [2.45, 2.75) is 25.8 Å². The average Bonchev–Trinajstić information content (AvgIpc) is 3.19. The summed E-state index contributed by atoms with van der Waals surface area (Å²) in [6, 6.07) is 11.0. The molecule has 3 rings (SSSR count). The molecule has 1 saturated heterocycles. The number of hydrogen-bond acceptors (Lipinski definition) is 4. The summed E-state index contributed by atoms with van der Waals surface area (Å²) in [5.74, 6) is 0.175. The van der Waals surface area contributed by atoms with Gasteiger partial charge in [-0.1, -0.05) is 30.7 Å². The number of thiophene rings is 1. The molecule has 0 radical (unpaired) electrons. The first kappa shape index (κ1) is 18.4. The predicted molar refractivity (Wildman–Crippen MR) is 103 cm³/mol. The van der Waals surface area contributed by atoms with Crippen LogP contribution in [0, 0.1) is 0 Å². The summed E-state index contributed by atoms with van der Waals surface area (Å²) >= 11 is 7.35. The zero-order valence-electron chi connectivity index (χ0n) is 13.9. The van der Waals surface area contributed by atoms with Crippen molar-refractivity contribution in [1.29, 1.82) is 0 Å². The molecule has 4 nitrogen and oxygen atoms in total. The van der Waals surface area contributed by atoms with Gasteiger partial charge < -0.3 is 4.90 Å². The minimum atomic E-state index is -3.02. The second-order valence-corrected chi connectivity index (χ2v) is 9.98. The number of amides is 1. The normalized spacial score (nSPS) is 19.0. The number of sulfone groups is 1. The molecular formula is C18H20ClNO3S2. The van der Waals surface area contributed by atoms with Gasteiger partial charge in [-0.25, -0.2) is 8.42 Å².